The maximum absolute atomic E-state index is 13.2. The van der Waals surface area contributed by atoms with Crippen LogP contribution in [0.1, 0.15) is 31.8 Å². The Morgan fingerprint density at radius 2 is 1.09 bits per heavy atom. The average Bonchev–Trinajstić information content (AvgIpc) is 2.88. The Morgan fingerprint density at radius 1 is 0.647 bits per heavy atom. The van der Waals surface area contributed by atoms with Gasteiger partial charge in [0.2, 0.25) is 0 Å². The van der Waals surface area contributed by atoms with Gasteiger partial charge >= 0.3 is 5.97 Å². The van der Waals surface area contributed by atoms with Crippen molar-refractivity contribution in [1.82, 2.24) is 5.32 Å². The Balaban J connectivity index is 2.00. The summed E-state index contributed by atoms with van der Waals surface area (Å²) < 4.78 is 4.83. The lowest BCUT2D eigenvalue weighted by Gasteiger charge is -2.18. The van der Waals surface area contributed by atoms with Gasteiger partial charge in [-0.25, -0.2) is 4.79 Å². The third kappa shape index (κ3) is 4.62. The van der Waals surface area contributed by atoms with Crippen LogP contribution in [-0.4, -0.2) is 26.0 Å². The second-order valence-electron chi connectivity index (χ2n) is 8.33. The number of amides is 1. The van der Waals surface area contributed by atoms with E-state index in [1.165, 1.54) is 12.7 Å². The molecule has 0 saturated heterocycles. The summed E-state index contributed by atoms with van der Waals surface area (Å²) in [4.78, 5) is 25.1. The van der Waals surface area contributed by atoms with Gasteiger partial charge in [0.25, 0.3) is 5.91 Å². The minimum Gasteiger partial charge on any atom is -0.465 e. The molecule has 0 heterocycles. The van der Waals surface area contributed by atoms with E-state index in [1.54, 1.807) is 19.2 Å². The molecule has 0 aliphatic heterocycles. The number of ether oxygens (including phenoxy) is 1. The van der Waals surface area contributed by atoms with E-state index >= 15 is 0 Å². The van der Waals surface area contributed by atoms with Crippen LogP contribution in [-0.2, 0) is 4.74 Å². The third-order valence-electron chi connectivity index (χ3n) is 5.96. The number of rotatable bonds is 5. The molecule has 4 nitrogen and oxygen atoms in total. The molecule has 0 spiro atoms. The van der Waals surface area contributed by atoms with Crippen LogP contribution in [0.3, 0.4) is 0 Å². The highest BCUT2D eigenvalue weighted by Gasteiger charge is 2.20. The number of nitrogens with one attached hydrogen (secondary N) is 1. The van der Waals surface area contributed by atoms with Crippen LogP contribution in [0, 0.1) is 13.8 Å². The lowest BCUT2D eigenvalue weighted by molar-refractivity contribution is 0.0600. The zero-order valence-corrected chi connectivity index (χ0v) is 19.8. The summed E-state index contributed by atoms with van der Waals surface area (Å²) in [6, 6.07) is 27.8. The van der Waals surface area contributed by atoms with Gasteiger partial charge in [-0.05, 0) is 71.5 Å². The van der Waals surface area contributed by atoms with Crippen LogP contribution in [0.25, 0.3) is 33.4 Å². The molecule has 0 aliphatic carbocycles. The van der Waals surface area contributed by atoms with Crippen LogP contribution in [0.2, 0.25) is 0 Å². The molecule has 0 saturated carbocycles. The van der Waals surface area contributed by atoms with Crippen molar-refractivity contribution in [3.8, 4) is 33.4 Å². The van der Waals surface area contributed by atoms with Crippen LogP contribution in [0.5, 0.6) is 0 Å². The van der Waals surface area contributed by atoms with Crippen LogP contribution in [0.4, 0.5) is 0 Å². The molecular formula is C30H27NO3. The summed E-state index contributed by atoms with van der Waals surface area (Å²) >= 11 is 0. The minimum atomic E-state index is -0.396. The zero-order valence-electron chi connectivity index (χ0n) is 19.8. The number of carbonyl (C=O) groups excluding carboxylic acids is 2. The summed E-state index contributed by atoms with van der Waals surface area (Å²) in [5.41, 5.74) is 8.91. The monoisotopic (exact) mass is 449 g/mol. The van der Waals surface area contributed by atoms with Crippen molar-refractivity contribution < 1.29 is 14.3 Å². The van der Waals surface area contributed by atoms with Crippen LogP contribution < -0.4 is 5.32 Å². The van der Waals surface area contributed by atoms with Gasteiger partial charge < -0.3 is 10.1 Å². The van der Waals surface area contributed by atoms with Crippen molar-refractivity contribution in [2.75, 3.05) is 14.2 Å². The minimum absolute atomic E-state index is 0.168. The van der Waals surface area contributed by atoms with Gasteiger partial charge in [-0.3, -0.25) is 4.79 Å². The van der Waals surface area contributed by atoms with Gasteiger partial charge in [0.1, 0.15) is 0 Å². The number of benzene rings is 4. The zero-order chi connectivity index (χ0) is 24.2. The largest absolute Gasteiger partial charge is 0.465 e. The summed E-state index contributed by atoms with van der Waals surface area (Å²) in [5.74, 6) is -0.565. The van der Waals surface area contributed by atoms with E-state index in [9.17, 15) is 9.59 Å². The number of esters is 1. The molecule has 0 aliphatic rings. The number of hydrogen-bond donors (Lipinski definition) is 1. The van der Waals surface area contributed by atoms with Crippen LogP contribution >= 0.6 is 0 Å². The number of aryl methyl sites for hydroxylation is 2. The van der Waals surface area contributed by atoms with Gasteiger partial charge in [0.05, 0.1) is 18.2 Å². The van der Waals surface area contributed by atoms with Crippen molar-refractivity contribution in [2.24, 2.45) is 0 Å². The van der Waals surface area contributed by atoms with E-state index in [4.69, 9.17) is 4.74 Å². The van der Waals surface area contributed by atoms with Gasteiger partial charge in [0.15, 0.2) is 0 Å². The third-order valence-corrected chi connectivity index (χ3v) is 5.96. The fourth-order valence-electron chi connectivity index (χ4n) is 4.02. The van der Waals surface area contributed by atoms with Crippen molar-refractivity contribution in [3.63, 3.8) is 0 Å². The molecule has 0 unspecified atom stereocenters. The average molecular weight is 450 g/mol. The molecule has 1 amide bonds. The van der Waals surface area contributed by atoms with Crippen molar-refractivity contribution in [1.29, 1.82) is 0 Å². The van der Waals surface area contributed by atoms with Gasteiger partial charge in [0, 0.05) is 7.05 Å². The predicted octanol–water partition coefficient (Wildman–Crippen LogP) is 6.45. The Kier molecular flexibility index (Phi) is 6.60. The fourth-order valence-corrected chi connectivity index (χ4v) is 4.02. The van der Waals surface area contributed by atoms with E-state index in [-0.39, 0.29) is 5.91 Å². The molecule has 4 heteroatoms. The molecule has 170 valence electrons. The second-order valence-corrected chi connectivity index (χ2v) is 8.33. The molecule has 4 aromatic carbocycles. The quantitative estimate of drug-likeness (QED) is 0.356. The summed E-state index contributed by atoms with van der Waals surface area (Å²) in [5, 5.41) is 2.81. The summed E-state index contributed by atoms with van der Waals surface area (Å²) in [6.07, 6.45) is 0. The normalized spacial score (nSPS) is 10.6. The van der Waals surface area contributed by atoms with E-state index in [2.05, 4.69) is 42.6 Å². The topological polar surface area (TPSA) is 55.4 Å². The fraction of sp³-hybridized carbons (Fsp3) is 0.133. The SMILES string of the molecule is CNC(=O)c1c(-c2ccc(C)cc2)cc(-c2ccc(C)cc2)cc1-c1ccc(C(=O)OC)cc1. The lowest BCUT2D eigenvalue weighted by Crippen LogP contribution is -2.20. The van der Waals surface area contributed by atoms with Crippen molar-refractivity contribution in [2.45, 2.75) is 13.8 Å². The highest BCUT2D eigenvalue weighted by Crippen LogP contribution is 2.37. The predicted molar refractivity (Wildman–Crippen MR) is 137 cm³/mol. The number of methoxy groups -OCH3 is 1. The highest BCUT2D eigenvalue weighted by molar-refractivity contribution is 6.08. The highest BCUT2D eigenvalue weighted by atomic mass is 16.5. The van der Waals surface area contributed by atoms with Crippen molar-refractivity contribution >= 4 is 11.9 Å². The first-order valence-corrected chi connectivity index (χ1v) is 11.1. The van der Waals surface area contributed by atoms with Gasteiger partial charge in [-0.2, -0.15) is 0 Å². The Morgan fingerprint density at radius 3 is 1.53 bits per heavy atom. The molecule has 4 aromatic rings. The standard InChI is InChI=1S/C30H27NO3/c1-19-5-9-21(10-6-19)25-17-26(22-11-7-20(2)8-12-22)28(29(32)31-3)27(18-25)23-13-15-24(16-14-23)30(33)34-4/h5-18H,1-4H3,(H,31,32). The maximum Gasteiger partial charge on any atom is 0.337 e. The van der Waals surface area contributed by atoms with Gasteiger partial charge in [-0.1, -0.05) is 71.8 Å². The van der Waals surface area contributed by atoms with E-state index in [0.29, 0.717) is 11.1 Å². The Bertz CT molecular complexity index is 1340. The molecule has 0 bridgehead atoms. The molecule has 0 aromatic heterocycles. The maximum atomic E-state index is 13.2. The first-order chi connectivity index (χ1) is 16.4. The van der Waals surface area contributed by atoms with Gasteiger partial charge in [-0.15, -0.1) is 0 Å². The first-order valence-electron chi connectivity index (χ1n) is 11.1. The molecule has 1 N–H and O–H groups in total. The van der Waals surface area contributed by atoms with E-state index in [0.717, 1.165) is 38.9 Å². The molecular weight excluding hydrogens is 422 g/mol. The van der Waals surface area contributed by atoms with E-state index in [1.807, 2.05) is 49.4 Å². The molecule has 34 heavy (non-hydrogen) atoms. The van der Waals surface area contributed by atoms with Crippen molar-refractivity contribution in [3.05, 3.63) is 107 Å². The summed E-state index contributed by atoms with van der Waals surface area (Å²) in [6.45, 7) is 4.10. The van der Waals surface area contributed by atoms with Crippen LogP contribution in [0.15, 0.2) is 84.9 Å². The molecule has 0 fully saturated rings. The number of carbonyl (C=O) groups is 2. The first kappa shape index (κ1) is 23.0. The Labute approximate surface area is 200 Å². The Hall–Kier alpha value is -4.18. The van der Waals surface area contributed by atoms with E-state index < -0.39 is 5.97 Å². The second kappa shape index (κ2) is 9.75. The molecule has 0 radical (unpaired) electrons. The summed E-state index contributed by atoms with van der Waals surface area (Å²) in [7, 11) is 3.00. The smallest absolute Gasteiger partial charge is 0.337 e. The number of hydrogen-bond acceptors (Lipinski definition) is 3. The molecule has 0 atom stereocenters. The molecule has 4 rings (SSSR count). The lowest BCUT2D eigenvalue weighted by atomic mass is 9.87.